The lowest BCUT2D eigenvalue weighted by molar-refractivity contribution is 0.0525. The summed E-state index contributed by atoms with van der Waals surface area (Å²) in [6.07, 6.45) is 0. The third kappa shape index (κ3) is 3.58. The molecule has 0 saturated heterocycles. The lowest BCUT2D eigenvalue weighted by Gasteiger charge is -2.19. The van der Waals surface area contributed by atoms with Gasteiger partial charge >= 0.3 is 5.97 Å². The second-order valence-corrected chi connectivity index (χ2v) is 6.33. The Labute approximate surface area is 156 Å². The van der Waals surface area contributed by atoms with Gasteiger partial charge in [-0.25, -0.2) is 4.79 Å². The highest BCUT2D eigenvalue weighted by molar-refractivity contribution is 6.31. The average Bonchev–Trinajstić information content (AvgIpc) is 2.62. The van der Waals surface area contributed by atoms with Gasteiger partial charge in [-0.1, -0.05) is 41.9 Å². The first-order chi connectivity index (χ1) is 12.5. The second-order valence-electron chi connectivity index (χ2n) is 5.89. The molecule has 0 fully saturated rings. The predicted molar refractivity (Wildman–Crippen MR) is 104 cm³/mol. The molecule has 0 aliphatic heterocycles. The number of H-pyrrole nitrogens is 1. The summed E-state index contributed by atoms with van der Waals surface area (Å²) in [5, 5.41) is 4.50. The SMILES string of the molecule is CCOC(=O)c1c(N[C@@H](C)c2ccccc2)c2ccc(Cl)cc2[nH]c1=O. The van der Waals surface area contributed by atoms with Crippen molar-refractivity contribution in [3.8, 4) is 0 Å². The van der Waals surface area contributed by atoms with Crippen LogP contribution >= 0.6 is 11.6 Å². The van der Waals surface area contributed by atoms with E-state index in [1.807, 2.05) is 37.3 Å². The van der Waals surface area contributed by atoms with E-state index in [0.29, 0.717) is 21.6 Å². The van der Waals surface area contributed by atoms with E-state index in [-0.39, 0.29) is 18.2 Å². The van der Waals surface area contributed by atoms with Crippen LogP contribution in [-0.4, -0.2) is 17.6 Å². The number of carbonyl (C=O) groups is 1. The largest absolute Gasteiger partial charge is 0.462 e. The number of anilines is 1. The number of halogens is 1. The Bertz CT molecular complexity index is 999. The molecule has 0 radical (unpaired) electrons. The molecule has 3 aromatic rings. The third-order valence-electron chi connectivity index (χ3n) is 4.12. The van der Waals surface area contributed by atoms with Crippen LogP contribution in [0.3, 0.4) is 0 Å². The van der Waals surface area contributed by atoms with Gasteiger partial charge in [0, 0.05) is 16.5 Å². The Morgan fingerprint density at radius 3 is 2.65 bits per heavy atom. The number of pyridine rings is 1. The van der Waals surface area contributed by atoms with Crippen molar-refractivity contribution in [2.45, 2.75) is 19.9 Å². The molecule has 26 heavy (non-hydrogen) atoms. The molecule has 0 unspecified atom stereocenters. The number of aromatic nitrogens is 1. The molecule has 2 aromatic carbocycles. The topological polar surface area (TPSA) is 71.2 Å². The van der Waals surface area contributed by atoms with Crippen molar-refractivity contribution in [3.05, 3.63) is 75.0 Å². The van der Waals surface area contributed by atoms with E-state index in [1.54, 1.807) is 25.1 Å². The Hall–Kier alpha value is -2.79. The quantitative estimate of drug-likeness (QED) is 0.647. The van der Waals surface area contributed by atoms with E-state index < -0.39 is 11.5 Å². The summed E-state index contributed by atoms with van der Waals surface area (Å²) in [5.74, 6) is -0.659. The summed E-state index contributed by atoms with van der Waals surface area (Å²) < 4.78 is 5.08. The lowest BCUT2D eigenvalue weighted by Crippen LogP contribution is -2.23. The van der Waals surface area contributed by atoms with Gasteiger partial charge in [-0.2, -0.15) is 0 Å². The number of carbonyl (C=O) groups excluding carboxylic acids is 1. The molecule has 0 aliphatic rings. The van der Waals surface area contributed by atoms with Gasteiger partial charge in [0.2, 0.25) is 0 Å². The summed E-state index contributed by atoms with van der Waals surface area (Å²) >= 11 is 6.04. The van der Waals surface area contributed by atoms with Gasteiger partial charge in [-0.15, -0.1) is 0 Å². The van der Waals surface area contributed by atoms with Crippen LogP contribution in [0.25, 0.3) is 10.9 Å². The first-order valence-electron chi connectivity index (χ1n) is 8.35. The maximum atomic E-state index is 12.6. The zero-order valence-electron chi connectivity index (χ0n) is 14.5. The Balaban J connectivity index is 2.17. The summed E-state index contributed by atoms with van der Waals surface area (Å²) in [7, 11) is 0. The van der Waals surface area contributed by atoms with Crippen LogP contribution in [-0.2, 0) is 4.74 Å². The highest BCUT2D eigenvalue weighted by Crippen LogP contribution is 2.30. The van der Waals surface area contributed by atoms with Crippen LogP contribution < -0.4 is 10.9 Å². The van der Waals surface area contributed by atoms with Crippen LogP contribution in [0.5, 0.6) is 0 Å². The maximum absolute atomic E-state index is 12.6. The van der Waals surface area contributed by atoms with E-state index in [9.17, 15) is 9.59 Å². The lowest BCUT2D eigenvalue weighted by atomic mass is 10.0. The van der Waals surface area contributed by atoms with Gasteiger partial charge in [-0.3, -0.25) is 4.79 Å². The minimum Gasteiger partial charge on any atom is -0.462 e. The van der Waals surface area contributed by atoms with E-state index in [4.69, 9.17) is 16.3 Å². The molecule has 2 N–H and O–H groups in total. The number of hydrogen-bond acceptors (Lipinski definition) is 4. The van der Waals surface area contributed by atoms with E-state index in [0.717, 1.165) is 5.56 Å². The van der Waals surface area contributed by atoms with Crippen molar-refractivity contribution in [2.24, 2.45) is 0 Å². The van der Waals surface area contributed by atoms with Crippen LogP contribution in [0.2, 0.25) is 5.02 Å². The summed E-state index contributed by atoms with van der Waals surface area (Å²) in [4.78, 5) is 27.7. The number of nitrogens with one attached hydrogen (secondary N) is 2. The normalized spacial score (nSPS) is 12.0. The Kier molecular flexibility index (Phi) is 5.28. The predicted octanol–water partition coefficient (Wildman–Crippen LogP) is 4.53. The first-order valence-corrected chi connectivity index (χ1v) is 8.73. The maximum Gasteiger partial charge on any atom is 0.345 e. The molecule has 1 atom stereocenters. The van der Waals surface area contributed by atoms with E-state index in [1.165, 1.54) is 0 Å². The molecule has 0 saturated carbocycles. The average molecular weight is 371 g/mol. The molecule has 3 rings (SSSR count). The van der Waals surface area contributed by atoms with Crippen molar-refractivity contribution in [2.75, 3.05) is 11.9 Å². The van der Waals surface area contributed by atoms with Gasteiger partial charge in [0.15, 0.2) is 0 Å². The Morgan fingerprint density at radius 1 is 1.23 bits per heavy atom. The van der Waals surface area contributed by atoms with Gasteiger partial charge in [0.1, 0.15) is 5.56 Å². The van der Waals surface area contributed by atoms with Crippen molar-refractivity contribution in [1.29, 1.82) is 0 Å². The zero-order chi connectivity index (χ0) is 18.7. The van der Waals surface area contributed by atoms with Gasteiger partial charge in [0.05, 0.1) is 17.8 Å². The molecule has 5 nitrogen and oxygen atoms in total. The smallest absolute Gasteiger partial charge is 0.345 e. The standard InChI is InChI=1S/C20H19ClN2O3/c1-3-26-20(25)17-18(22-12(2)13-7-5-4-6-8-13)15-10-9-14(21)11-16(15)23-19(17)24/h4-12H,3H2,1-2H3,(H2,22,23,24)/t12-/m0/s1. The molecule has 134 valence electrons. The summed E-state index contributed by atoms with van der Waals surface area (Å²) in [5.41, 5.74) is 1.48. The highest BCUT2D eigenvalue weighted by atomic mass is 35.5. The van der Waals surface area contributed by atoms with E-state index >= 15 is 0 Å². The number of aromatic amines is 1. The summed E-state index contributed by atoms with van der Waals surface area (Å²) in [6.45, 7) is 3.85. The summed E-state index contributed by atoms with van der Waals surface area (Å²) in [6, 6.07) is 14.8. The van der Waals surface area contributed by atoms with Crippen LogP contribution in [0.4, 0.5) is 5.69 Å². The highest BCUT2D eigenvalue weighted by Gasteiger charge is 2.22. The number of ether oxygens (including phenoxy) is 1. The van der Waals surface area contributed by atoms with Crippen LogP contribution in [0.1, 0.15) is 35.8 Å². The fourth-order valence-corrected chi connectivity index (χ4v) is 3.03. The number of benzene rings is 2. The number of fused-ring (bicyclic) bond motifs is 1. The molecule has 1 heterocycles. The zero-order valence-corrected chi connectivity index (χ0v) is 15.3. The molecule has 1 aromatic heterocycles. The molecule has 0 spiro atoms. The van der Waals surface area contributed by atoms with Crippen molar-refractivity contribution >= 4 is 34.2 Å². The number of hydrogen-bond donors (Lipinski definition) is 2. The molecule has 6 heteroatoms. The Morgan fingerprint density at radius 2 is 1.96 bits per heavy atom. The molecular weight excluding hydrogens is 352 g/mol. The van der Waals surface area contributed by atoms with Gasteiger partial charge < -0.3 is 15.0 Å². The van der Waals surface area contributed by atoms with Crippen molar-refractivity contribution in [1.82, 2.24) is 4.98 Å². The minimum atomic E-state index is -0.659. The van der Waals surface area contributed by atoms with Crippen molar-refractivity contribution < 1.29 is 9.53 Å². The van der Waals surface area contributed by atoms with Crippen LogP contribution in [0, 0.1) is 0 Å². The molecular formula is C20H19ClN2O3. The van der Waals surface area contributed by atoms with Gasteiger partial charge in [0.25, 0.3) is 5.56 Å². The molecule has 0 bridgehead atoms. The second kappa shape index (κ2) is 7.62. The van der Waals surface area contributed by atoms with Crippen molar-refractivity contribution in [3.63, 3.8) is 0 Å². The number of esters is 1. The van der Waals surface area contributed by atoms with E-state index in [2.05, 4.69) is 10.3 Å². The minimum absolute atomic E-state index is 0.0375. The molecule has 0 amide bonds. The monoisotopic (exact) mass is 370 g/mol. The first kappa shape index (κ1) is 18.0. The third-order valence-corrected chi connectivity index (χ3v) is 4.35. The van der Waals surface area contributed by atoms with Crippen LogP contribution in [0.15, 0.2) is 53.3 Å². The fourth-order valence-electron chi connectivity index (χ4n) is 2.86. The molecule has 0 aliphatic carbocycles. The van der Waals surface area contributed by atoms with Gasteiger partial charge in [-0.05, 0) is 37.6 Å². The fraction of sp³-hybridized carbons (Fsp3) is 0.200. The number of rotatable bonds is 5.